The van der Waals surface area contributed by atoms with Crippen molar-refractivity contribution in [2.45, 2.75) is 70.9 Å². The van der Waals surface area contributed by atoms with Crippen LogP contribution in [0.3, 0.4) is 0 Å². The van der Waals surface area contributed by atoms with Crippen LogP contribution in [0.25, 0.3) is 0 Å². The van der Waals surface area contributed by atoms with E-state index >= 15 is 0 Å². The monoisotopic (exact) mass is 268 g/mol. The largest absolute Gasteiger partial charge is 0.446 e. The first kappa shape index (κ1) is 14.6. The van der Waals surface area contributed by atoms with E-state index in [4.69, 9.17) is 4.74 Å². The Bertz CT molecular complexity index is 311. The molecular weight excluding hydrogens is 240 g/mol. The van der Waals surface area contributed by atoms with Crippen LogP contribution in [0.2, 0.25) is 0 Å². The molecular formula is C15H28N2O2. The fraction of sp³-hybridized carbons (Fsp3) is 0.933. The first-order valence-corrected chi connectivity index (χ1v) is 7.62. The molecule has 0 unspecified atom stereocenters. The van der Waals surface area contributed by atoms with Crippen LogP contribution >= 0.6 is 0 Å². The molecule has 110 valence electrons. The van der Waals surface area contributed by atoms with Crippen LogP contribution in [0.4, 0.5) is 4.79 Å². The lowest BCUT2D eigenvalue weighted by Gasteiger charge is -2.42. The minimum Gasteiger partial charge on any atom is -0.446 e. The fourth-order valence-electron chi connectivity index (χ4n) is 3.33. The second-order valence-corrected chi connectivity index (χ2v) is 7.02. The third kappa shape index (κ3) is 3.41. The maximum atomic E-state index is 12.2. The molecule has 2 fully saturated rings. The van der Waals surface area contributed by atoms with Gasteiger partial charge in [-0.15, -0.1) is 0 Å². The molecule has 1 heterocycles. The number of carbonyl (C=O) groups is 1. The minimum atomic E-state index is -0.219. The van der Waals surface area contributed by atoms with Gasteiger partial charge in [-0.1, -0.05) is 33.6 Å². The van der Waals surface area contributed by atoms with E-state index in [0.29, 0.717) is 0 Å². The van der Waals surface area contributed by atoms with Crippen molar-refractivity contribution in [1.82, 2.24) is 10.6 Å². The summed E-state index contributed by atoms with van der Waals surface area (Å²) in [6.07, 6.45) is 6.25. The summed E-state index contributed by atoms with van der Waals surface area (Å²) >= 11 is 0. The molecule has 1 aliphatic heterocycles. The number of rotatable bonds is 2. The standard InChI is InChI=1S/C15H28N2O2/c1-14(2,3)15(8-4-5-9-15)17-13(18)19-12-6-10-16-11-7-12/h12,16H,4-11H2,1-3H3,(H,17,18). The number of nitrogens with one attached hydrogen (secondary N) is 2. The summed E-state index contributed by atoms with van der Waals surface area (Å²) < 4.78 is 5.58. The summed E-state index contributed by atoms with van der Waals surface area (Å²) in [5.41, 5.74) is -0.00631. The maximum Gasteiger partial charge on any atom is 0.407 e. The van der Waals surface area contributed by atoms with E-state index in [1.807, 2.05) is 0 Å². The fourth-order valence-corrected chi connectivity index (χ4v) is 3.33. The van der Waals surface area contributed by atoms with Gasteiger partial charge >= 0.3 is 6.09 Å². The first-order chi connectivity index (χ1) is 8.93. The maximum absolute atomic E-state index is 12.2. The Morgan fingerprint density at radius 3 is 2.32 bits per heavy atom. The smallest absolute Gasteiger partial charge is 0.407 e. The van der Waals surface area contributed by atoms with Crippen molar-refractivity contribution in [2.24, 2.45) is 5.41 Å². The average molecular weight is 268 g/mol. The molecule has 19 heavy (non-hydrogen) atoms. The van der Waals surface area contributed by atoms with Gasteiger partial charge in [0, 0.05) is 5.54 Å². The molecule has 2 aliphatic rings. The van der Waals surface area contributed by atoms with Crippen LogP contribution in [0, 0.1) is 5.41 Å². The molecule has 0 spiro atoms. The Hall–Kier alpha value is -0.770. The topological polar surface area (TPSA) is 50.4 Å². The van der Waals surface area contributed by atoms with Crippen molar-refractivity contribution in [2.75, 3.05) is 13.1 Å². The van der Waals surface area contributed by atoms with Crippen LogP contribution in [-0.4, -0.2) is 30.8 Å². The van der Waals surface area contributed by atoms with Gasteiger partial charge in [-0.25, -0.2) is 4.79 Å². The Balaban J connectivity index is 1.92. The van der Waals surface area contributed by atoms with Crippen LogP contribution in [-0.2, 0) is 4.74 Å². The van der Waals surface area contributed by atoms with Gasteiger partial charge in [0.15, 0.2) is 0 Å². The second kappa shape index (κ2) is 5.70. The zero-order valence-corrected chi connectivity index (χ0v) is 12.6. The number of amides is 1. The van der Waals surface area contributed by atoms with Crippen molar-refractivity contribution in [3.8, 4) is 0 Å². The van der Waals surface area contributed by atoms with Crippen molar-refractivity contribution in [3.63, 3.8) is 0 Å². The molecule has 4 nitrogen and oxygen atoms in total. The van der Waals surface area contributed by atoms with Gasteiger partial charge in [-0.2, -0.15) is 0 Å². The molecule has 0 radical (unpaired) electrons. The molecule has 1 saturated heterocycles. The predicted octanol–water partition coefficient (Wildman–Crippen LogP) is 2.82. The lowest BCUT2D eigenvalue weighted by atomic mass is 9.72. The van der Waals surface area contributed by atoms with E-state index in [0.717, 1.165) is 38.8 Å². The highest BCUT2D eigenvalue weighted by atomic mass is 16.6. The number of piperidine rings is 1. The highest BCUT2D eigenvalue weighted by molar-refractivity contribution is 5.68. The second-order valence-electron chi connectivity index (χ2n) is 7.02. The van der Waals surface area contributed by atoms with E-state index < -0.39 is 0 Å². The third-order valence-corrected chi connectivity index (χ3v) is 4.79. The highest BCUT2D eigenvalue weighted by Gasteiger charge is 2.45. The van der Waals surface area contributed by atoms with Crippen LogP contribution < -0.4 is 10.6 Å². The highest BCUT2D eigenvalue weighted by Crippen LogP contribution is 2.43. The molecule has 0 aromatic rings. The number of hydrogen-bond donors (Lipinski definition) is 2. The normalized spacial score (nSPS) is 24.2. The SMILES string of the molecule is CC(C)(C)C1(NC(=O)OC2CCNCC2)CCCC1. The van der Waals surface area contributed by atoms with Crippen LogP contribution in [0.1, 0.15) is 59.3 Å². The van der Waals surface area contributed by atoms with E-state index in [1.165, 1.54) is 12.8 Å². The molecule has 1 aliphatic carbocycles. The lowest BCUT2D eigenvalue weighted by molar-refractivity contribution is 0.0561. The van der Waals surface area contributed by atoms with Gasteiger partial charge in [0.2, 0.25) is 0 Å². The third-order valence-electron chi connectivity index (χ3n) is 4.79. The molecule has 1 amide bonds. The first-order valence-electron chi connectivity index (χ1n) is 7.62. The van der Waals surface area contributed by atoms with Gasteiger partial charge in [-0.05, 0) is 44.2 Å². The zero-order valence-electron chi connectivity index (χ0n) is 12.6. The van der Waals surface area contributed by atoms with E-state index in [1.54, 1.807) is 0 Å². The zero-order chi connectivity index (χ0) is 13.9. The predicted molar refractivity (Wildman–Crippen MR) is 76.2 cm³/mol. The summed E-state index contributed by atoms with van der Waals surface area (Å²) in [6, 6.07) is 0. The van der Waals surface area contributed by atoms with Crippen molar-refractivity contribution in [3.05, 3.63) is 0 Å². The van der Waals surface area contributed by atoms with E-state index in [-0.39, 0.29) is 23.2 Å². The summed E-state index contributed by atoms with van der Waals surface area (Å²) in [5, 5.41) is 6.48. The minimum absolute atomic E-state index is 0.0800. The van der Waals surface area contributed by atoms with Gasteiger partial charge in [0.05, 0.1) is 0 Å². The molecule has 0 atom stereocenters. The molecule has 1 saturated carbocycles. The van der Waals surface area contributed by atoms with Gasteiger partial charge in [0.25, 0.3) is 0 Å². The number of hydrogen-bond acceptors (Lipinski definition) is 3. The summed E-state index contributed by atoms with van der Waals surface area (Å²) in [7, 11) is 0. The average Bonchev–Trinajstić information content (AvgIpc) is 2.79. The lowest BCUT2D eigenvalue weighted by Crippen LogP contribution is -2.56. The van der Waals surface area contributed by atoms with Crippen molar-refractivity contribution < 1.29 is 9.53 Å². The van der Waals surface area contributed by atoms with Gasteiger partial charge < -0.3 is 15.4 Å². The van der Waals surface area contributed by atoms with E-state index in [9.17, 15) is 4.79 Å². The summed E-state index contributed by atoms with van der Waals surface area (Å²) in [6.45, 7) is 8.53. The number of ether oxygens (including phenoxy) is 1. The molecule has 2 N–H and O–H groups in total. The van der Waals surface area contributed by atoms with Gasteiger partial charge in [0.1, 0.15) is 6.10 Å². The summed E-state index contributed by atoms with van der Waals surface area (Å²) in [4.78, 5) is 12.2. The molecule has 0 aromatic carbocycles. The number of alkyl carbamates (subject to hydrolysis) is 1. The van der Waals surface area contributed by atoms with Crippen molar-refractivity contribution >= 4 is 6.09 Å². The number of carbonyl (C=O) groups excluding carboxylic acids is 1. The molecule has 4 heteroatoms. The quantitative estimate of drug-likeness (QED) is 0.809. The van der Waals surface area contributed by atoms with Crippen molar-refractivity contribution in [1.29, 1.82) is 0 Å². The Labute approximate surface area is 116 Å². The Morgan fingerprint density at radius 1 is 1.21 bits per heavy atom. The summed E-state index contributed by atoms with van der Waals surface area (Å²) in [5.74, 6) is 0. The molecule has 2 rings (SSSR count). The Kier molecular flexibility index (Phi) is 4.39. The van der Waals surface area contributed by atoms with Crippen LogP contribution in [0.15, 0.2) is 0 Å². The van der Waals surface area contributed by atoms with Gasteiger partial charge in [-0.3, -0.25) is 0 Å². The van der Waals surface area contributed by atoms with Crippen LogP contribution in [0.5, 0.6) is 0 Å². The van der Waals surface area contributed by atoms with E-state index in [2.05, 4.69) is 31.4 Å². The Morgan fingerprint density at radius 2 is 1.79 bits per heavy atom. The molecule has 0 aromatic heterocycles. The molecule has 0 bridgehead atoms.